The van der Waals surface area contributed by atoms with E-state index in [9.17, 15) is 5.26 Å². The highest BCUT2D eigenvalue weighted by Gasteiger charge is 2.36. The molecule has 0 saturated heterocycles. The molecule has 3 heteroatoms. The molecule has 0 radical (unpaired) electrons. The molecule has 0 bridgehead atoms. The number of benzene rings is 1. The SMILES string of the molecule is N#CC1(CCOCCO)CCCc2ccccc21. The van der Waals surface area contributed by atoms with Gasteiger partial charge in [0, 0.05) is 6.61 Å². The number of hydrogen-bond acceptors (Lipinski definition) is 3. The number of fused-ring (bicyclic) bond motifs is 1. The van der Waals surface area contributed by atoms with Crippen LogP contribution >= 0.6 is 0 Å². The average molecular weight is 245 g/mol. The first-order valence-corrected chi connectivity index (χ1v) is 6.51. The van der Waals surface area contributed by atoms with Crippen molar-refractivity contribution in [2.24, 2.45) is 0 Å². The summed E-state index contributed by atoms with van der Waals surface area (Å²) in [5.74, 6) is 0. The smallest absolute Gasteiger partial charge is 0.0847 e. The minimum Gasteiger partial charge on any atom is -0.394 e. The minimum atomic E-state index is -0.399. The molecule has 18 heavy (non-hydrogen) atoms. The third kappa shape index (κ3) is 2.55. The zero-order valence-electron chi connectivity index (χ0n) is 10.6. The summed E-state index contributed by atoms with van der Waals surface area (Å²) in [6.45, 7) is 0.918. The van der Waals surface area contributed by atoms with E-state index in [2.05, 4.69) is 18.2 Å². The first kappa shape index (κ1) is 13.1. The Kier molecular flexibility index (Phi) is 4.35. The molecule has 0 amide bonds. The molecule has 1 aliphatic carbocycles. The van der Waals surface area contributed by atoms with Gasteiger partial charge in [-0.15, -0.1) is 0 Å². The van der Waals surface area contributed by atoms with Crippen LogP contribution < -0.4 is 0 Å². The maximum Gasteiger partial charge on any atom is 0.0847 e. The van der Waals surface area contributed by atoms with Gasteiger partial charge in [-0.25, -0.2) is 0 Å². The summed E-state index contributed by atoms with van der Waals surface area (Å²) in [7, 11) is 0. The Morgan fingerprint density at radius 2 is 2.17 bits per heavy atom. The van der Waals surface area contributed by atoms with Crippen molar-refractivity contribution in [3.05, 3.63) is 35.4 Å². The number of nitrogens with zero attached hydrogens (tertiary/aromatic N) is 1. The van der Waals surface area contributed by atoms with Gasteiger partial charge in [-0.1, -0.05) is 24.3 Å². The van der Waals surface area contributed by atoms with E-state index in [1.165, 1.54) is 11.1 Å². The van der Waals surface area contributed by atoms with E-state index in [0.717, 1.165) is 19.3 Å². The number of aliphatic hydroxyl groups is 1. The fourth-order valence-electron chi connectivity index (χ4n) is 2.77. The quantitative estimate of drug-likeness (QED) is 0.809. The number of hydrogen-bond donors (Lipinski definition) is 1. The minimum absolute atomic E-state index is 0.0378. The summed E-state index contributed by atoms with van der Waals surface area (Å²) in [6, 6.07) is 10.7. The van der Waals surface area contributed by atoms with Crippen LogP contribution in [0, 0.1) is 11.3 Å². The summed E-state index contributed by atoms with van der Waals surface area (Å²) >= 11 is 0. The van der Waals surface area contributed by atoms with E-state index in [0.29, 0.717) is 19.6 Å². The second-order valence-corrected chi connectivity index (χ2v) is 4.79. The normalized spacial score (nSPS) is 22.2. The van der Waals surface area contributed by atoms with Crippen LogP contribution in [-0.2, 0) is 16.6 Å². The predicted octanol–water partition coefficient (Wildman–Crippen LogP) is 2.18. The molecule has 0 fully saturated rings. The van der Waals surface area contributed by atoms with Crippen LogP contribution in [0.5, 0.6) is 0 Å². The molecule has 0 aromatic heterocycles. The molecule has 0 saturated carbocycles. The Morgan fingerprint density at radius 1 is 1.33 bits per heavy atom. The van der Waals surface area contributed by atoms with Crippen LogP contribution in [0.25, 0.3) is 0 Å². The van der Waals surface area contributed by atoms with Crippen molar-refractivity contribution in [2.45, 2.75) is 31.1 Å². The van der Waals surface area contributed by atoms with E-state index < -0.39 is 5.41 Å². The van der Waals surface area contributed by atoms with Gasteiger partial charge < -0.3 is 9.84 Å². The number of aliphatic hydroxyl groups excluding tert-OH is 1. The number of nitriles is 1. The molecule has 96 valence electrons. The largest absolute Gasteiger partial charge is 0.394 e. The van der Waals surface area contributed by atoms with Gasteiger partial charge in [-0.3, -0.25) is 0 Å². The van der Waals surface area contributed by atoms with Gasteiger partial charge in [0.05, 0.1) is 24.7 Å². The lowest BCUT2D eigenvalue weighted by Gasteiger charge is -2.33. The fraction of sp³-hybridized carbons (Fsp3) is 0.533. The standard InChI is InChI=1S/C15H19NO2/c16-12-15(8-10-18-11-9-17)7-3-5-13-4-1-2-6-14(13)15/h1-2,4,6,17H,3,5,7-11H2. The van der Waals surface area contributed by atoms with Gasteiger partial charge in [0.25, 0.3) is 0 Å². The van der Waals surface area contributed by atoms with Crippen molar-refractivity contribution in [1.29, 1.82) is 5.26 Å². The molecule has 2 rings (SSSR count). The molecule has 1 aromatic carbocycles. The molecule has 0 aliphatic heterocycles. The molecule has 3 nitrogen and oxygen atoms in total. The Bertz CT molecular complexity index is 438. The zero-order chi connectivity index (χ0) is 12.8. The van der Waals surface area contributed by atoms with Gasteiger partial charge in [0.1, 0.15) is 0 Å². The number of rotatable bonds is 5. The highest BCUT2D eigenvalue weighted by Crippen LogP contribution is 2.39. The summed E-state index contributed by atoms with van der Waals surface area (Å²) in [4.78, 5) is 0. The topological polar surface area (TPSA) is 53.2 Å². The summed E-state index contributed by atoms with van der Waals surface area (Å²) in [5.41, 5.74) is 2.07. The van der Waals surface area contributed by atoms with Crippen molar-refractivity contribution in [2.75, 3.05) is 19.8 Å². The van der Waals surface area contributed by atoms with Gasteiger partial charge in [0.2, 0.25) is 0 Å². The van der Waals surface area contributed by atoms with Gasteiger partial charge in [-0.05, 0) is 36.8 Å². The summed E-state index contributed by atoms with van der Waals surface area (Å²) in [6.07, 6.45) is 3.74. The number of aryl methyl sites for hydroxylation is 1. The summed E-state index contributed by atoms with van der Waals surface area (Å²) in [5, 5.41) is 18.3. The van der Waals surface area contributed by atoms with Crippen molar-refractivity contribution >= 4 is 0 Å². The van der Waals surface area contributed by atoms with E-state index in [-0.39, 0.29) is 6.61 Å². The Labute approximate surface area is 108 Å². The van der Waals surface area contributed by atoms with Gasteiger partial charge in [-0.2, -0.15) is 5.26 Å². The van der Waals surface area contributed by atoms with Crippen molar-refractivity contribution < 1.29 is 9.84 Å². The second kappa shape index (κ2) is 5.99. The van der Waals surface area contributed by atoms with E-state index >= 15 is 0 Å². The highest BCUT2D eigenvalue weighted by molar-refractivity contribution is 5.41. The average Bonchev–Trinajstić information content (AvgIpc) is 2.44. The third-order valence-electron chi connectivity index (χ3n) is 3.71. The van der Waals surface area contributed by atoms with Crippen LogP contribution in [-0.4, -0.2) is 24.9 Å². The lowest BCUT2D eigenvalue weighted by molar-refractivity contribution is 0.0818. The highest BCUT2D eigenvalue weighted by atomic mass is 16.5. The molecule has 1 atom stereocenters. The van der Waals surface area contributed by atoms with Crippen molar-refractivity contribution in [1.82, 2.24) is 0 Å². The van der Waals surface area contributed by atoms with Crippen molar-refractivity contribution in [3.63, 3.8) is 0 Å². The molecule has 1 aliphatic rings. The fourth-order valence-corrected chi connectivity index (χ4v) is 2.77. The Morgan fingerprint density at radius 3 is 2.94 bits per heavy atom. The Hall–Kier alpha value is -1.37. The van der Waals surface area contributed by atoms with Crippen molar-refractivity contribution in [3.8, 4) is 6.07 Å². The van der Waals surface area contributed by atoms with E-state index in [1.807, 2.05) is 12.1 Å². The Balaban J connectivity index is 2.15. The maximum absolute atomic E-state index is 9.59. The van der Waals surface area contributed by atoms with Crippen LogP contribution in [0.4, 0.5) is 0 Å². The van der Waals surface area contributed by atoms with Crippen LogP contribution in [0.15, 0.2) is 24.3 Å². The predicted molar refractivity (Wildman–Crippen MR) is 69.2 cm³/mol. The van der Waals surface area contributed by atoms with Crippen LogP contribution in [0.2, 0.25) is 0 Å². The molecule has 0 spiro atoms. The molecule has 1 unspecified atom stereocenters. The van der Waals surface area contributed by atoms with Gasteiger partial charge >= 0.3 is 0 Å². The lowest BCUT2D eigenvalue weighted by Crippen LogP contribution is -2.31. The lowest BCUT2D eigenvalue weighted by atomic mass is 9.69. The van der Waals surface area contributed by atoms with Crippen LogP contribution in [0.1, 0.15) is 30.4 Å². The monoisotopic (exact) mass is 245 g/mol. The number of ether oxygens (including phenoxy) is 1. The maximum atomic E-state index is 9.59. The van der Waals surface area contributed by atoms with E-state index in [4.69, 9.17) is 9.84 Å². The van der Waals surface area contributed by atoms with Crippen LogP contribution in [0.3, 0.4) is 0 Å². The molecule has 1 N–H and O–H groups in total. The third-order valence-corrected chi connectivity index (χ3v) is 3.71. The molecular formula is C15H19NO2. The van der Waals surface area contributed by atoms with E-state index in [1.54, 1.807) is 0 Å². The molecular weight excluding hydrogens is 226 g/mol. The second-order valence-electron chi connectivity index (χ2n) is 4.79. The zero-order valence-corrected chi connectivity index (χ0v) is 10.6. The molecule has 1 aromatic rings. The van der Waals surface area contributed by atoms with Gasteiger partial charge in [0.15, 0.2) is 0 Å². The first-order chi connectivity index (χ1) is 8.82. The first-order valence-electron chi connectivity index (χ1n) is 6.51. The summed E-state index contributed by atoms with van der Waals surface area (Å²) < 4.78 is 5.33. The molecule has 0 heterocycles.